The normalized spacial score (nSPS) is 12.2. The van der Waals surface area contributed by atoms with E-state index in [1.54, 1.807) is 13.0 Å². The van der Waals surface area contributed by atoms with Gasteiger partial charge in [0.05, 0.1) is 0 Å². The van der Waals surface area contributed by atoms with Crippen molar-refractivity contribution in [3.63, 3.8) is 0 Å². The van der Waals surface area contributed by atoms with Crippen LogP contribution in [0.1, 0.15) is 25.0 Å². The summed E-state index contributed by atoms with van der Waals surface area (Å²) in [5.41, 5.74) is 2.12. The number of amides is 2. The van der Waals surface area contributed by atoms with Crippen LogP contribution in [-0.2, 0) is 9.59 Å². The van der Waals surface area contributed by atoms with E-state index in [-0.39, 0.29) is 11.8 Å². The fourth-order valence-corrected chi connectivity index (χ4v) is 1.50. The first kappa shape index (κ1) is 15.0. The Kier molecular flexibility index (Phi) is 5.79. The number of hydrogen-bond acceptors (Lipinski definition) is 2. The molecule has 1 aromatic carbocycles. The number of likely N-dealkylation sites (N-methyl/N-ethyl adjacent to an activating group) is 1. The number of carbonyl (C=O) groups is 2. The van der Waals surface area contributed by atoms with Gasteiger partial charge < -0.3 is 10.6 Å². The van der Waals surface area contributed by atoms with Gasteiger partial charge in [0.2, 0.25) is 11.8 Å². The zero-order chi connectivity index (χ0) is 14.3. The van der Waals surface area contributed by atoms with Crippen LogP contribution >= 0.6 is 0 Å². The van der Waals surface area contributed by atoms with Crippen LogP contribution in [0, 0.1) is 6.92 Å². The van der Waals surface area contributed by atoms with Gasteiger partial charge in [0.25, 0.3) is 0 Å². The van der Waals surface area contributed by atoms with Crippen molar-refractivity contribution in [3.8, 4) is 0 Å². The second kappa shape index (κ2) is 7.36. The summed E-state index contributed by atoms with van der Waals surface area (Å²) >= 11 is 0. The van der Waals surface area contributed by atoms with Gasteiger partial charge in [-0.05, 0) is 32.4 Å². The van der Waals surface area contributed by atoms with Crippen molar-refractivity contribution in [1.82, 2.24) is 10.6 Å². The molecule has 1 rings (SSSR count). The number of aryl methyl sites for hydroxylation is 1. The summed E-state index contributed by atoms with van der Waals surface area (Å²) in [6.07, 6.45) is 3.15. The number of carbonyl (C=O) groups excluding carboxylic acids is 2. The highest BCUT2D eigenvalue weighted by Crippen LogP contribution is 2.04. The minimum Gasteiger partial charge on any atom is -0.355 e. The molecular formula is C15H20N2O2. The largest absolute Gasteiger partial charge is 0.355 e. The Labute approximate surface area is 113 Å². The molecule has 0 aliphatic carbocycles. The fourth-order valence-electron chi connectivity index (χ4n) is 1.50. The summed E-state index contributed by atoms with van der Waals surface area (Å²) in [4.78, 5) is 23.1. The van der Waals surface area contributed by atoms with Gasteiger partial charge in [0, 0.05) is 12.6 Å². The Balaban J connectivity index is 2.51. The lowest BCUT2D eigenvalue weighted by atomic mass is 10.1. The first-order valence-corrected chi connectivity index (χ1v) is 6.36. The molecule has 0 spiro atoms. The van der Waals surface area contributed by atoms with Gasteiger partial charge in [-0.2, -0.15) is 0 Å². The smallest absolute Gasteiger partial charge is 0.244 e. The lowest BCUT2D eigenvalue weighted by Crippen LogP contribution is -2.44. The lowest BCUT2D eigenvalue weighted by molar-refractivity contribution is -0.126. The van der Waals surface area contributed by atoms with E-state index < -0.39 is 6.04 Å². The average molecular weight is 260 g/mol. The minimum atomic E-state index is -0.532. The summed E-state index contributed by atoms with van der Waals surface area (Å²) in [7, 11) is 0. The zero-order valence-corrected chi connectivity index (χ0v) is 11.6. The second-order valence-electron chi connectivity index (χ2n) is 4.37. The molecule has 0 saturated heterocycles. The molecule has 1 aromatic rings. The summed E-state index contributed by atoms with van der Waals surface area (Å²) in [5.74, 6) is -0.459. The molecule has 0 unspecified atom stereocenters. The SMILES string of the molecule is CCNC(=O)[C@H](C)NC(=O)/C=C/c1ccc(C)cc1. The third-order valence-corrected chi connectivity index (χ3v) is 2.61. The maximum atomic E-state index is 11.6. The molecule has 0 bridgehead atoms. The van der Waals surface area contributed by atoms with Gasteiger partial charge in [0.1, 0.15) is 6.04 Å². The van der Waals surface area contributed by atoms with Crippen LogP contribution in [0.2, 0.25) is 0 Å². The first-order chi connectivity index (χ1) is 9.02. The van der Waals surface area contributed by atoms with Crippen molar-refractivity contribution in [2.75, 3.05) is 6.54 Å². The molecule has 0 radical (unpaired) electrons. The third kappa shape index (κ3) is 5.38. The Morgan fingerprint density at radius 3 is 2.47 bits per heavy atom. The summed E-state index contributed by atoms with van der Waals surface area (Å²) in [6, 6.07) is 7.30. The lowest BCUT2D eigenvalue weighted by Gasteiger charge is -2.11. The van der Waals surface area contributed by atoms with E-state index in [4.69, 9.17) is 0 Å². The molecule has 0 saturated carbocycles. The summed E-state index contributed by atoms with van der Waals surface area (Å²) in [6.45, 7) is 6.05. The minimum absolute atomic E-state index is 0.181. The standard InChI is InChI=1S/C15H20N2O2/c1-4-16-15(19)12(3)17-14(18)10-9-13-7-5-11(2)6-8-13/h5-10,12H,4H2,1-3H3,(H,16,19)(H,17,18)/b10-9+/t12-/m0/s1. The van der Waals surface area contributed by atoms with Crippen molar-refractivity contribution in [2.24, 2.45) is 0 Å². The molecule has 0 aliphatic rings. The van der Waals surface area contributed by atoms with Crippen molar-refractivity contribution < 1.29 is 9.59 Å². The van der Waals surface area contributed by atoms with Crippen LogP contribution in [0.3, 0.4) is 0 Å². The van der Waals surface area contributed by atoms with E-state index in [9.17, 15) is 9.59 Å². The van der Waals surface area contributed by atoms with Gasteiger partial charge in [-0.25, -0.2) is 0 Å². The Bertz CT molecular complexity index is 464. The highest BCUT2D eigenvalue weighted by Gasteiger charge is 2.12. The van der Waals surface area contributed by atoms with Gasteiger partial charge >= 0.3 is 0 Å². The van der Waals surface area contributed by atoms with Crippen LogP contribution in [-0.4, -0.2) is 24.4 Å². The van der Waals surface area contributed by atoms with E-state index in [1.165, 1.54) is 11.6 Å². The summed E-state index contributed by atoms with van der Waals surface area (Å²) < 4.78 is 0. The van der Waals surface area contributed by atoms with E-state index >= 15 is 0 Å². The predicted molar refractivity (Wildman–Crippen MR) is 76.5 cm³/mol. The molecule has 19 heavy (non-hydrogen) atoms. The fraction of sp³-hybridized carbons (Fsp3) is 0.333. The zero-order valence-electron chi connectivity index (χ0n) is 11.6. The molecule has 0 aromatic heterocycles. The molecule has 4 nitrogen and oxygen atoms in total. The van der Waals surface area contributed by atoms with Crippen molar-refractivity contribution in [3.05, 3.63) is 41.5 Å². The second-order valence-corrected chi connectivity index (χ2v) is 4.37. The van der Waals surface area contributed by atoms with E-state index in [2.05, 4.69) is 10.6 Å². The topological polar surface area (TPSA) is 58.2 Å². The summed E-state index contributed by atoms with van der Waals surface area (Å²) in [5, 5.41) is 5.26. The molecule has 0 fully saturated rings. The number of rotatable bonds is 5. The van der Waals surface area contributed by atoms with Crippen molar-refractivity contribution in [1.29, 1.82) is 0 Å². The average Bonchev–Trinajstić information content (AvgIpc) is 2.38. The van der Waals surface area contributed by atoms with Crippen molar-refractivity contribution in [2.45, 2.75) is 26.8 Å². The molecule has 0 aliphatic heterocycles. The monoisotopic (exact) mass is 260 g/mol. The van der Waals surface area contributed by atoms with Crippen LogP contribution in [0.15, 0.2) is 30.3 Å². The van der Waals surface area contributed by atoms with Crippen LogP contribution in [0.25, 0.3) is 6.08 Å². The predicted octanol–water partition coefficient (Wildman–Crippen LogP) is 1.65. The Morgan fingerprint density at radius 2 is 1.89 bits per heavy atom. The molecular weight excluding hydrogens is 240 g/mol. The Hall–Kier alpha value is -2.10. The molecule has 2 N–H and O–H groups in total. The van der Waals surface area contributed by atoms with Crippen LogP contribution < -0.4 is 10.6 Å². The van der Waals surface area contributed by atoms with Gasteiger partial charge in [-0.3, -0.25) is 9.59 Å². The highest BCUT2D eigenvalue weighted by atomic mass is 16.2. The first-order valence-electron chi connectivity index (χ1n) is 6.36. The molecule has 4 heteroatoms. The highest BCUT2D eigenvalue weighted by molar-refractivity contribution is 5.95. The van der Waals surface area contributed by atoms with Crippen LogP contribution in [0.5, 0.6) is 0 Å². The molecule has 102 valence electrons. The Morgan fingerprint density at radius 1 is 1.26 bits per heavy atom. The number of benzene rings is 1. The van der Waals surface area contributed by atoms with Gasteiger partial charge in [-0.15, -0.1) is 0 Å². The van der Waals surface area contributed by atoms with E-state index in [0.717, 1.165) is 5.56 Å². The van der Waals surface area contributed by atoms with E-state index in [1.807, 2.05) is 38.1 Å². The van der Waals surface area contributed by atoms with Gasteiger partial charge in [0.15, 0.2) is 0 Å². The maximum absolute atomic E-state index is 11.6. The van der Waals surface area contributed by atoms with E-state index in [0.29, 0.717) is 6.54 Å². The molecule has 1 atom stereocenters. The van der Waals surface area contributed by atoms with Crippen LogP contribution in [0.4, 0.5) is 0 Å². The third-order valence-electron chi connectivity index (χ3n) is 2.61. The molecule has 0 heterocycles. The number of hydrogen-bond donors (Lipinski definition) is 2. The van der Waals surface area contributed by atoms with Crippen molar-refractivity contribution >= 4 is 17.9 Å². The quantitative estimate of drug-likeness (QED) is 0.791. The van der Waals surface area contributed by atoms with Gasteiger partial charge in [-0.1, -0.05) is 29.8 Å². The maximum Gasteiger partial charge on any atom is 0.244 e. The number of nitrogens with one attached hydrogen (secondary N) is 2. The molecule has 2 amide bonds.